The second-order valence-electron chi connectivity index (χ2n) is 11.0. The maximum atomic E-state index is 13.9. The third kappa shape index (κ3) is 5.85. The van der Waals surface area contributed by atoms with E-state index in [0.717, 1.165) is 43.0 Å². The molecule has 1 amide bonds. The van der Waals surface area contributed by atoms with Crippen molar-refractivity contribution in [2.24, 2.45) is 5.92 Å². The molecule has 1 heterocycles. The minimum absolute atomic E-state index is 0.0387. The Balaban J connectivity index is 1.51. The van der Waals surface area contributed by atoms with Crippen molar-refractivity contribution in [2.75, 3.05) is 31.1 Å². The number of amides is 1. The number of hydrogen-bond acceptors (Lipinski definition) is 4. The molecule has 0 aromatic heterocycles. The van der Waals surface area contributed by atoms with Gasteiger partial charge >= 0.3 is 0 Å². The molecule has 0 radical (unpaired) electrons. The first-order valence-corrected chi connectivity index (χ1v) is 13.8. The molecule has 3 aromatic carbocycles. The van der Waals surface area contributed by atoms with E-state index in [1.165, 1.54) is 12.8 Å². The van der Waals surface area contributed by atoms with Gasteiger partial charge in [-0.25, -0.2) is 0 Å². The molecule has 5 nitrogen and oxygen atoms in total. The lowest BCUT2D eigenvalue weighted by Crippen LogP contribution is -2.57. The van der Waals surface area contributed by atoms with Gasteiger partial charge in [-0.15, -0.1) is 6.58 Å². The normalized spacial score (nSPS) is 21.1. The fourth-order valence-electron chi connectivity index (χ4n) is 5.74. The molecule has 1 aliphatic carbocycles. The van der Waals surface area contributed by atoms with Gasteiger partial charge in [0.2, 0.25) is 0 Å². The van der Waals surface area contributed by atoms with Gasteiger partial charge in [-0.1, -0.05) is 48.5 Å². The van der Waals surface area contributed by atoms with Crippen LogP contribution in [0.15, 0.2) is 91.5 Å². The Labute approximate surface area is 227 Å². The molecule has 2 aliphatic rings. The zero-order valence-corrected chi connectivity index (χ0v) is 22.5. The zero-order chi connectivity index (χ0) is 26.6. The van der Waals surface area contributed by atoms with Crippen molar-refractivity contribution in [3.05, 3.63) is 108 Å². The predicted octanol–water partition coefficient (Wildman–Crippen LogP) is 6.12. The summed E-state index contributed by atoms with van der Waals surface area (Å²) in [5.41, 5.74) is 3.74. The number of para-hydroxylation sites is 1. The molecule has 38 heavy (non-hydrogen) atoms. The summed E-state index contributed by atoms with van der Waals surface area (Å²) in [4.78, 5) is 20.9. The molecule has 1 saturated carbocycles. The lowest BCUT2D eigenvalue weighted by Gasteiger charge is -2.47. The summed E-state index contributed by atoms with van der Waals surface area (Å²) in [6.45, 7) is 11.9. The highest BCUT2D eigenvalue weighted by atomic mass is 16.3. The number of aromatic hydroxyl groups is 1. The van der Waals surface area contributed by atoms with E-state index in [-0.39, 0.29) is 23.7 Å². The topological polar surface area (TPSA) is 47.0 Å². The minimum Gasteiger partial charge on any atom is -0.508 e. The van der Waals surface area contributed by atoms with Crippen molar-refractivity contribution in [3.63, 3.8) is 0 Å². The second-order valence-corrected chi connectivity index (χ2v) is 11.0. The molecule has 1 aliphatic heterocycles. The SMILES string of the molecule is C=CCN1C[C@H](C)N([C@@H](c2cccc(O)c2)c2cccc(C(=O)N(CC3CC3)c3ccccc3)c2)C[C@H]1C. The first kappa shape index (κ1) is 26.2. The predicted molar refractivity (Wildman–Crippen MR) is 155 cm³/mol. The average Bonchev–Trinajstić information content (AvgIpc) is 3.75. The summed E-state index contributed by atoms with van der Waals surface area (Å²) in [5.74, 6) is 0.874. The number of piperazine rings is 1. The molecule has 0 spiro atoms. The van der Waals surface area contributed by atoms with E-state index in [9.17, 15) is 9.90 Å². The van der Waals surface area contributed by atoms with E-state index < -0.39 is 0 Å². The number of phenolic OH excluding ortho intramolecular Hbond substituents is 1. The number of rotatable bonds is 9. The number of nitrogens with zero attached hydrogens (tertiary/aromatic N) is 3. The largest absolute Gasteiger partial charge is 0.508 e. The van der Waals surface area contributed by atoms with Crippen LogP contribution in [0, 0.1) is 5.92 Å². The fraction of sp³-hybridized carbons (Fsp3) is 0.364. The Bertz CT molecular complexity index is 1260. The van der Waals surface area contributed by atoms with E-state index in [1.54, 1.807) is 6.07 Å². The molecule has 1 saturated heterocycles. The summed E-state index contributed by atoms with van der Waals surface area (Å²) in [6.07, 6.45) is 4.34. The molecule has 0 bridgehead atoms. The van der Waals surface area contributed by atoms with Crippen LogP contribution in [0.5, 0.6) is 5.75 Å². The van der Waals surface area contributed by atoms with Crippen LogP contribution in [-0.4, -0.2) is 59.1 Å². The van der Waals surface area contributed by atoms with Crippen molar-refractivity contribution >= 4 is 11.6 Å². The van der Waals surface area contributed by atoms with Crippen LogP contribution in [0.3, 0.4) is 0 Å². The summed E-state index contributed by atoms with van der Waals surface area (Å²) in [6, 6.07) is 26.2. The summed E-state index contributed by atoms with van der Waals surface area (Å²) in [7, 11) is 0. The highest BCUT2D eigenvalue weighted by Gasteiger charge is 2.35. The summed E-state index contributed by atoms with van der Waals surface area (Å²) < 4.78 is 0. The third-order valence-electron chi connectivity index (χ3n) is 7.94. The number of phenols is 1. The Morgan fingerprint density at radius 3 is 2.37 bits per heavy atom. The zero-order valence-electron chi connectivity index (χ0n) is 22.5. The van der Waals surface area contributed by atoms with Crippen LogP contribution in [0.25, 0.3) is 0 Å². The maximum absolute atomic E-state index is 13.9. The van der Waals surface area contributed by atoms with E-state index in [1.807, 2.05) is 65.6 Å². The molecule has 1 N–H and O–H groups in total. The lowest BCUT2D eigenvalue weighted by atomic mass is 9.92. The molecule has 3 aromatic rings. The van der Waals surface area contributed by atoms with Crippen LogP contribution >= 0.6 is 0 Å². The van der Waals surface area contributed by atoms with Gasteiger partial charge in [0.25, 0.3) is 5.91 Å². The van der Waals surface area contributed by atoms with Gasteiger partial charge in [0, 0.05) is 49.5 Å². The van der Waals surface area contributed by atoms with Gasteiger partial charge in [-0.3, -0.25) is 14.6 Å². The number of benzene rings is 3. The van der Waals surface area contributed by atoms with Crippen molar-refractivity contribution in [1.82, 2.24) is 9.80 Å². The van der Waals surface area contributed by atoms with E-state index >= 15 is 0 Å². The Morgan fingerprint density at radius 2 is 1.68 bits per heavy atom. The van der Waals surface area contributed by atoms with Gasteiger partial charge in [-0.05, 0) is 80.1 Å². The Kier molecular flexibility index (Phi) is 7.96. The molecule has 0 unspecified atom stereocenters. The van der Waals surface area contributed by atoms with Crippen LogP contribution < -0.4 is 4.90 Å². The van der Waals surface area contributed by atoms with E-state index in [0.29, 0.717) is 17.5 Å². The van der Waals surface area contributed by atoms with Crippen molar-refractivity contribution in [3.8, 4) is 5.75 Å². The van der Waals surface area contributed by atoms with Crippen LogP contribution in [0.2, 0.25) is 0 Å². The smallest absolute Gasteiger partial charge is 0.258 e. The summed E-state index contributed by atoms with van der Waals surface area (Å²) in [5, 5.41) is 10.4. The first-order valence-electron chi connectivity index (χ1n) is 13.8. The molecular formula is C33H39N3O2. The van der Waals surface area contributed by atoms with E-state index in [2.05, 4.69) is 48.4 Å². The monoisotopic (exact) mass is 509 g/mol. The van der Waals surface area contributed by atoms with Gasteiger partial charge in [0.1, 0.15) is 5.75 Å². The average molecular weight is 510 g/mol. The Morgan fingerprint density at radius 1 is 0.974 bits per heavy atom. The van der Waals surface area contributed by atoms with Crippen molar-refractivity contribution in [1.29, 1.82) is 0 Å². The van der Waals surface area contributed by atoms with Gasteiger partial charge in [-0.2, -0.15) is 0 Å². The number of hydrogen-bond donors (Lipinski definition) is 1. The fourth-order valence-corrected chi connectivity index (χ4v) is 5.74. The quantitative estimate of drug-likeness (QED) is 0.353. The van der Waals surface area contributed by atoms with E-state index in [4.69, 9.17) is 0 Å². The van der Waals surface area contributed by atoms with Gasteiger partial charge < -0.3 is 10.0 Å². The number of carbonyl (C=O) groups excluding carboxylic acids is 1. The highest BCUT2D eigenvalue weighted by Crippen LogP contribution is 2.36. The molecule has 5 heteroatoms. The summed E-state index contributed by atoms with van der Waals surface area (Å²) >= 11 is 0. The highest BCUT2D eigenvalue weighted by molar-refractivity contribution is 6.06. The third-order valence-corrected chi connectivity index (χ3v) is 7.94. The number of carbonyl (C=O) groups is 1. The second kappa shape index (κ2) is 11.5. The molecule has 3 atom stereocenters. The number of anilines is 1. The molecule has 2 fully saturated rings. The minimum atomic E-state index is -0.0770. The van der Waals surface area contributed by atoms with Gasteiger partial charge in [0.15, 0.2) is 0 Å². The maximum Gasteiger partial charge on any atom is 0.258 e. The first-order chi connectivity index (χ1) is 18.4. The van der Waals surface area contributed by atoms with Gasteiger partial charge in [0.05, 0.1) is 6.04 Å². The molecule has 198 valence electrons. The standard InChI is InChI=1S/C33H39N3O2/c1-4-18-34-21-25(3)35(22-24(34)2)32(28-11-9-15-31(37)20-28)27-10-8-12-29(19-27)33(38)36(23-26-16-17-26)30-13-6-5-7-14-30/h4-15,19-20,24-26,32,37H,1,16-18,21-23H2,2-3H3/t24-,25+,32-/m1/s1. The van der Waals surface area contributed by atoms with Crippen LogP contribution in [0.4, 0.5) is 5.69 Å². The van der Waals surface area contributed by atoms with Crippen LogP contribution in [0.1, 0.15) is 54.2 Å². The molecule has 5 rings (SSSR count). The van der Waals surface area contributed by atoms with Crippen LogP contribution in [-0.2, 0) is 0 Å². The Hall–Kier alpha value is -3.41. The lowest BCUT2D eigenvalue weighted by molar-refractivity contribution is 0.0306. The van der Waals surface area contributed by atoms with Crippen molar-refractivity contribution in [2.45, 2.75) is 44.8 Å². The molecular weight excluding hydrogens is 470 g/mol. The van der Waals surface area contributed by atoms with Crippen molar-refractivity contribution < 1.29 is 9.90 Å².